The summed E-state index contributed by atoms with van der Waals surface area (Å²) in [6.45, 7) is 0. The van der Waals surface area contributed by atoms with Crippen molar-refractivity contribution in [2.45, 2.75) is 22.1 Å². The highest BCUT2D eigenvalue weighted by molar-refractivity contribution is 7.99. The molecule has 0 unspecified atom stereocenters. The van der Waals surface area contributed by atoms with Crippen LogP contribution < -0.4 is 10.2 Å². The monoisotopic (exact) mass is 513 g/mol. The number of furan rings is 1. The van der Waals surface area contributed by atoms with Crippen LogP contribution in [0.25, 0.3) is 0 Å². The van der Waals surface area contributed by atoms with Crippen LogP contribution in [0.1, 0.15) is 23.5 Å². The Morgan fingerprint density at radius 1 is 1.00 bits per heavy atom. The Bertz CT molecular complexity index is 1300. The number of hydrogen-bond acceptors (Lipinski definition) is 5. The standard InChI is InChI=1S/C24H17Cl2N3O2S2/c25-14-4-7-16(8-5-14)33-21-11-10-20(31-21)23-22(17-3-1-2-12-27-17)28-24(32)29(23)18-13-15(26)6-9-19(18)30/h1-13,22-23,30H,(H,28,32)/t22-,23-/m1/s1. The SMILES string of the molecule is Oc1ccc(Cl)cc1N1C(=S)N[C@H](c2ccccn2)[C@H]1c1ccc(Sc2ccc(Cl)cc2)o1. The predicted molar refractivity (Wildman–Crippen MR) is 135 cm³/mol. The van der Waals surface area contributed by atoms with Gasteiger partial charge in [0, 0.05) is 21.1 Å². The third-order valence-electron chi connectivity index (χ3n) is 5.22. The number of aromatic nitrogens is 1. The Labute approximate surface area is 210 Å². The molecule has 5 nitrogen and oxygen atoms in total. The first-order valence-electron chi connectivity index (χ1n) is 10.0. The maximum Gasteiger partial charge on any atom is 0.174 e. The van der Waals surface area contributed by atoms with E-state index < -0.39 is 6.04 Å². The van der Waals surface area contributed by atoms with Crippen molar-refractivity contribution < 1.29 is 9.52 Å². The van der Waals surface area contributed by atoms with Crippen molar-refractivity contribution in [1.82, 2.24) is 10.3 Å². The first-order chi connectivity index (χ1) is 16.0. The van der Waals surface area contributed by atoms with Gasteiger partial charge in [0.15, 0.2) is 10.2 Å². The van der Waals surface area contributed by atoms with E-state index in [4.69, 9.17) is 39.8 Å². The predicted octanol–water partition coefficient (Wildman–Crippen LogP) is 7.02. The van der Waals surface area contributed by atoms with Gasteiger partial charge in [-0.2, -0.15) is 0 Å². The van der Waals surface area contributed by atoms with Crippen LogP contribution in [0.4, 0.5) is 5.69 Å². The van der Waals surface area contributed by atoms with Gasteiger partial charge in [-0.15, -0.1) is 0 Å². The summed E-state index contributed by atoms with van der Waals surface area (Å²) in [5.74, 6) is 0.742. The number of anilines is 1. The van der Waals surface area contributed by atoms with Gasteiger partial charge in [-0.3, -0.25) is 4.98 Å². The zero-order valence-electron chi connectivity index (χ0n) is 17.0. The second-order valence-corrected chi connectivity index (χ2v) is 9.68. The molecule has 2 atom stereocenters. The van der Waals surface area contributed by atoms with Gasteiger partial charge in [-0.1, -0.05) is 41.0 Å². The fraction of sp³-hybridized carbons (Fsp3) is 0.0833. The third-order valence-corrected chi connectivity index (χ3v) is 6.95. The van der Waals surface area contributed by atoms with Crippen LogP contribution in [0.2, 0.25) is 10.0 Å². The van der Waals surface area contributed by atoms with E-state index in [-0.39, 0.29) is 11.8 Å². The van der Waals surface area contributed by atoms with E-state index in [2.05, 4.69) is 10.3 Å². The normalized spacial score (nSPS) is 17.9. The number of nitrogens with one attached hydrogen (secondary N) is 1. The highest BCUT2D eigenvalue weighted by Crippen LogP contribution is 2.46. The summed E-state index contributed by atoms with van der Waals surface area (Å²) in [6.07, 6.45) is 1.74. The number of pyridine rings is 1. The molecule has 0 spiro atoms. The Kier molecular flexibility index (Phi) is 6.21. The van der Waals surface area contributed by atoms with Gasteiger partial charge in [0.25, 0.3) is 0 Å². The minimum absolute atomic E-state index is 0.0672. The highest BCUT2D eigenvalue weighted by Gasteiger charge is 2.43. The molecule has 1 aliphatic heterocycles. The summed E-state index contributed by atoms with van der Waals surface area (Å²) in [4.78, 5) is 7.36. The van der Waals surface area contributed by atoms with Crippen molar-refractivity contribution in [2.24, 2.45) is 0 Å². The van der Waals surface area contributed by atoms with Gasteiger partial charge in [-0.05, 0) is 78.9 Å². The van der Waals surface area contributed by atoms with E-state index in [0.29, 0.717) is 26.6 Å². The summed E-state index contributed by atoms with van der Waals surface area (Å²) < 4.78 is 6.27. The molecule has 0 aliphatic carbocycles. The van der Waals surface area contributed by atoms with E-state index >= 15 is 0 Å². The second kappa shape index (κ2) is 9.27. The maximum absolute atomic E-state index is 10.6. The molecule has 0 saturated carbocycles. The van der Waals surface area contributed by atoms with Crippen LogP contribution in [-0.2, 0) is 0 Å². The molecule has 9 heteroatoms. The largest absolute Gasteiger partial charge is 0.506 e. The zero-order chi connectivity index (χ0) is 22.9. The Morgan fingerprint density at radius 3 is 2.55 bits per heavy atom. The topological polar surface area (TPSA) is 61.5 Å². The molecule has 3 heterocycles. The van der Waals surface area contributed by atoms with E-state index in [1.807, 2.05) is 59.5 Å². The van der Waals surface area contributed by atoms with Crippen LogP contribution >= 0.6 is 47.2 Å². The van der Waals surface area contributed by atoms with Gasteiger partial charge in [-0.25, -0.2) is 0 Å². The number of hydrogen-bond donors (Lipinski definition) is 2. The Morgan fingerprint density at radius 2 is 1.79 bits per heavy atom. The second-order valence-electron chi connectivity index (χ2n) is 7.34. The summed E-state index contributed by atoms with van der Waals surface area (Å²) in [6, 6.07) is 21.3. The number of benzene rings is 2. The molecule has 166 valence electrons. The highest BCUT2D eigenvalue weighted by atomic mass is 35.5. The van der Waals surface area contributed by atoms with Crippen molar-refractivity contribution in [3.05, 3.63) is 100 Å². The molecule has 33 heavy (non-hydrogen) atoms. The quantitative estimate of drug-likeness (QED) is 0.278. The van der Waals surface area contributed by atoms with Crippen LogP contribution in [0, 0.1) is 0 Å². The fourth-order valence-corrected chi connectivity index (χ4v) is 5.17. The van der Waals surface area contributed by atoms with Crippen molar-refractivity contribution in [3.63, 3.8) is 0 Å². The lowest BCUT2D eigenvalue weighted by atomic mass is 10.0. The molecule has 5 rings (SSSR count). The molecule has 0 amide bonds. The molecule has 0 radical (unpaired) electrons. The minimum atomic E-state index is -0.392. The van der Waals surface area contributed by atoms with Gasteiger partial charge >= 0.3 is 0 Å². The van der Waals surface area contributed by atoms with Crippen molar-refractivity contribution in [2.75, 3.05) is 4.90 Å². The third kappa shape index (κ3) is 4.54. The molecule has 4 aromatic rings. The lowest BCUT2D eigenvalue weighted by molar-refractivity contribution is 0.382. The Balaban J connectivity index is 1.55. The summed E-state index contributed by atoms with van der Waals surface area (Å²) in [7, 11) is 0. The van der Waals surface area contributed by atoms with E-state index in [1.54, 1.807) is 24.4 Å². The molecule has 2 aromatic heterocycles. The summed E-state index contributed by atoms with van der Waals surface area (Å²) >= 11 is 19.4. The van der Waals surface area contributed by atoms with E-state index in [0.717, 1.165) is 15.7 Å². The van der Waals surface area contributed by atoms with E-state index in [9.17, 15) is 5.11 Å². The molecule has 0 bridgehead atoms. The van der Waals surface area contributed by atoms with Crippen molar-refractivity contribution in [1.29, 1.82) is 0 Å². The van der Waals surface area contributed by atoms with Gasteiger partial charge in [0.05, 0.1) is 17.4 Å². The number of thiocarbonyl (C=S) groups is 1. The number of aromatic hydroxyl groups is 1. The zero-order valence-corrected chi connectivity index (χ0v) is 20.1. The molecule has 1 saturated heterocycles. The van der Waals surface area contributed by atoms with Crippen LogP contribution in [0.15, 0.2) is 93.4 Å². The summed E-state index contributed by atoms with van der Waals surface area (Å²) in [5.41, 5.74) is 1.30. The minimum Gasteiger partial charge on any atom is -0.506 e. The average molecular weight is 514 g/mol. The van der Waals surface area contributed by atoms with Crippen LogP contribution in [0.5, 0.6) is 5.75 Å². The lowest BCUT2D eigenvalue weighted by Crippen LogP contribution is -2.29. The van der Waals surface area contributed by atoms with Crippen molar-refractivity contribution >= 4 is 58.0 Å². The fourth-order valence-electron chi connectivity index (χ4n) is 3.76. The average Bonchev–Trinajstić information content (AvgIpc) is 3.41. The number of phenols is 1. The van der Waals surface area contributed by atoms with Crippen molar-refractivity contribution in [3.8, 4) is 5.75 Å². The number of rotatable bonds is 5. The van der Waals surface area contributed by atoms with Gasteiger partial charge in [0.1, 0.15) is 17.6 Å². The summed E-state index contributed by atoms with van der Waals surface area (Å²) in [5, 5.41) is 16.3. The molecular weight excluding hydrogens is 497 g/mol. The van der Waals surface area contributed by atoms with Crippen LogP contribution in [-0.4, -0.2) is 15.2 Å². The maximum atomic E-state index is 10.6. The van der Waals surface area contributed by atoms with Gasteiger partial charge < -0.3 is 19.7 Å². The van der Waals surface area contributed by atoms with E-state index in [1.165, 1.54) is 11.8 Å². The molecule has 2 aromatic carbocycles. The molecule has 2 N–H and O–H groups in total. The number of phenolic OH excluding ortho intramolecular Hbond substituents is 1. The first-order valence-corrected chi connectivity index (χ1v) is 12.0. The molecular formula is C24H17Cl2N3O2S2. The van der Waals surface area contributed by atoms with Crippen LogP contribution in [0.3, 0.4) is 0 Å². The number of nitrogens with zero attached hydrogens (tertiary/aromatic N) is 2. The number of halogens is 2. The van der Waals surface area contributed by atoms with Gasteiger partial charge in [0.2, 0.25) is 0 Å². The smallest absolute Gasteiger partial charge is 0.174 e. The first kappa shape index (κ1) is 22.1. The lowest BCUT2D eigenvalue weighted by Gasteiger charge is -2.26. The molecule has 1 aliphatic rings. The molecule has 1 fully saturated rings. The Hall–Kier alpha value is -2.71.